The Hall–Kier alpha value is -2.49. The number of nitrogens with one attached hydrogen (secondary N) is 2. The average molecular weight is 579 g/mol. The number of carbonyl (C=O) groups excluding carboxylic acids is 1. The van der Waals surface area contributed by atoms with Crippen LogP contribution in [0.3, 0.4) is 0 Å². The molecule has 230 valence electrons. The highest BCUT2D eigenvalue weighted by Crippen LogP contribution is 2.61. The van der Waals surface area contributed by atoms with E-state index in [0.29, 0.717) is 29.7 Å². The van der Waals surface area contributed by atoms with Crippen molar-refractivity contribution in [1.29, 1.82) is 0 Å². The molecule has 3 saturated carbocycles. The Kier molecular flexibility index (Phi) is 9.30. The van der Waals surface area contributed by atoms with Gasteiger partial charge in [0, 0.05) is 30.7 Å². The minimum atomic E-state index is -0.810. The van der Waals surface area contributed by atoms with Crippen molar-refractivity contribution in [2.75, 3.05) is 39.1 Å². The number of anilines is 1. The lowest BCUT2D eigenvalue weighted by Crippen LogP contribution is -2.62. The second kappa shape index (κ2) is 12.6. The number of hydroxylamine groups is 2. The highest BCUT2D eigenvalue weighted by molar-refractivity contribution is 5.83. The van der Waals surface area contributed by atoms with Crippen molar-refractivity contribution in [3.63, 3.8) is 0 Å². The number of amides is 1. The van der Waals surface area contributed by atoms with Crippen molar-refractivity contribution in [2.45, 2.75) is 71.4 Å². The predicted molar refractivity (Wildman–Crippen MR) is 166 cm³/mol. The normalized spacial score (nSPS) is 31.0. The van der Waals surface area contributed by atoms with Crippen molar-refractivity contribution in [1.82, 2.24) is 15.3 Å². The molecule has 2 aromatic rings. The molecule has 2 unspecified atom stereocenters. The van der Waals surface area contributed by atoms with Crippen LogP contribution in [-0.2, 0) is 16.2 Å². The first kappa shape index (κ1) is 31.0. The number of hydrogen-bond donors (Lipinski definition) is 4. The Morgan fingerprint density at radius 1 is 1.14 bits per heavy atom. The summed E-state index contributed by atoms with van der Waals surface area (Å²) >= 11 is 0. The first-order valence-corrected chi connectivity index (χ1v) is 15.6. The lowest BCUT2D eigenvalue weighted by molar-refractivity contribution is -0.183. The van der Waals surface area contributed by atoms with E-state index in [1.165, 1.54) is 6.42 Å². The number of aliphatic hydroxyl groups excluding tert-OH is 2. The average Bonchev–Trinajstić information content (AvgIpc) is 3.32. The van der Waals surface area contributed by atoms with E-state index in [9.17, 15) is 15.0 Å². The number of fused-ring (bicyclic) bond motifs is 2. The molecule has 2 aromatic carbocycles. The largest absolute Gasteiger partial charge is 0.394 e. The summed E-state index contributed by atoms with van der Waals surface area (Å²) in [6.45, 7) is 10.6. The fraction of sp³-hybridized carbons (Fsp3) is 0.618. The number of hydrogen-bond acceptors (Lipinski definition) is 7. The van der Waals surface area contributed by atoms with E-state index in [4.69, 9.17) is 4.84 Å². The van der Waals surface area contributed by atoms with Gasteiger partial charge in [0.25, 0.3) is 0 Å². The summed E-state index contributed by atoms with van der Waals surface area (Å²) < 4.78 is 0. The molecule has 1 aliphatic heterocycles. The lowest BCUT2D eigenvalue weighted by atomic mass is 9.45. The Bertz CT molecular complexity index is 1220. The highest BCUT2D eigenvalue weighted by atomic mass is 16.7. The van der Waals surface area contributed by atoms with Crippen LogP contribution in [0, 0.1) is 29.1 Å². The number of carbonyl (C=O) groups is 1. The van der Waals surface area contributed by atoms with E-state index in [2.05, 4.69) is 86.8 Å². The summed E-state index contributed by atoms with van der Waals surface area (Å²) in [5.41, 5.74) is 4.60. The smallest absolute Gasteiger partial charge is 0.240 e. The third-order valence-corrected chi connectivity index (χ3v) is 10.4. The number of benzene rings is 2. The van der Waals surface area contributed by atoms with Crippen LogP contribution >= 0.6 is 0 Å². The molecule has 2 bridgehead atoms. The second-order valence-corrected chi connectivity index (χ2v) is 13.7. The van der Waals surface area contributed by atoms with Crippen LogP contribution < -0.4 is 10.6 Å². The van der Waals surface area contributed by atoms with E-state index in [0.717, 1.165) is 41.9 Å². The van der Waals surface area contributed by atoms with E-state index >= 15 is 0 Å². The summed E-state index contributed by atoms with van der Waals surface area (Å²) in [5, 5.41) is 29.3. The van der Waals surface area contributed by atoms with Gasteiger partial charge in [-0.15, -0.1) is 0 Å². The molecule has 1 saturated heterocycles. The molecule has 8 nitrogen and oxygen atoms in total. The van der Waals surface area contributed by atoms with E-state index < -0.39 is 24.2 Å². The molecule has 4 aliphatic rings. The van der Waals surface area contributed by atoms with Gasteiger partial charge in [0.15, 0.2) is 0 Å². The number of likely N-dealkylation sites (N-methyl/N-ethyl adjacent to an activating group) is 1. The molecule has 8 atom stereocenters. The zero-order chi connectivity index (χ0) is 30.2. The molecule has 3 aliphatic carbocycles. The molecule has 4 fully saturated rings. The van der Waals surface area contributed by atoms with E-state index in [-0.39, 0.29) is 18.6 Å². The molecule has 8 heteroatoms. The fourth-order valence-electron chi connectivity index (χ4n) is 7.72. The van der Waals surface area contributed by atoms with Crippen LogP contribution in [0.4, 0.5) is 5.69 Å². The van der Waals surface area contributed by atoms with Crippen LogP contribution in [0.5, 0.6) is 0 Å². The summed E-state index contributed by atoms with van der Waals surface area (Å²) in [7, 11) is 4.13. The molecule has 1 heterocycles. The van der Waals surface area contributed by atoms with Crippen LogP contribution in [0.1, 0.15) is 46.1 Å². The molecule has 42 heavy (non-hydrogen) atoms. The summed E-state index contributed by atoms with van der Waals surface area (Å²) in [4.78, 5) is 22.2. The van der Waals surface area contributed by atoms with Gasteiger partial charge in [-0.25, -0.2) is 0 Å². The Labute approximate surface area is 251 Å². The third kappa shape index (κ3) is 6.24. The van der Waals surface area contributed by atoms with E-state index in [1.54, 1.807) is 12.0 Å². The molecule has 6 rings (SSSR count). The maximum Gasteiger partial charge on any atom is 0.240 e. The van der Waals surface area contributed by atoms with Gasteiger partial charge in [-0.3, -0.25) is 9.63 Å². The number of aliphatic hydroxyl groups is 2. The van der Waals surface area contributed by atoms with Gasteiger partial charge in [-0.05, 0) is 91.9 Å². The SMILES string of the molecule is CC1[C@@H](NC(=O)[C@@H]2[C@H]([C@H](C)O)C(CO)ON2Cc2cccc(-c3ccc(NCCN(C)C)cc3)c2)C[C@@H]2C[C@@H]1C2(C)C. The van der Waals surface area contributed by atoms with Crippen LogP contribution in [0.2, 0.25) is 0 Å². The van der Waals surface area contributed by atoms with Crippen LogP contribution in [0.15, 0.2) is 48.5 Å². The fourth-order valence-corrected chi connectivity index (χ4v) is 7.72. The maximum absolute atomic E-state index is 13.9. The minimum absolute atomic E-state index is 0.114. The third-order valence-electron chi connectivity index (χ3n) is 10.4. The predicted octanol–water partition coefficient (Wildman–Crippen LogP) is 3.99. The van der Waals surface area contributed by atoms with Gasteiger partial charge in [0.1, 0.15) is 12.1 Å². The maximum atomic E-state index is 13.9. The monoisotopic (exact) mass is 578 g/mol. The molecule has 0 radical (unpaired) electrons. The lowest BCUT2D eigenvalue weighted by Gasteiger charge is -2.62. The van der Waals surface area contributed by atoms with Gasteiger partial charge in [-0.1, -0.05) is 51.1 Å². The summed E-state index contributed by atoms with van der Waals surface area (Å²) in [5.74, 6) is 0.982. The van der Waals surface area contributed by atoms with Gasteiger partial charge >= 0.3 is 0 Å². The first-order chi connectivity index (χ1) is 20.0. The Morgan fingerprint density at radius 2 is 1.88 bits per heavy atom. The van der Waals surface area contributed by atoms with Crippen LogP contribution in [-0.4, -0.2) is 84.2 Å². The topological polar surface area (TPSA) is 97.3 Å². The second-order valence-electron chi connectivity index (χ2n) is 13.7. The van der Waals surface area contributed by atoms with Gasteiger partial charge in [0.05, 0.1) is 19.3 Å². The van der Waals surface area contributed by atoms with Crippen molar-refractivity contribution in [2.24, 2.45) is 29.1 Å². The Morgan fingerprint density at radius 3 is 2.50 bits per heavy atom. The zero-order valence-electron chi connectivity index (χ0n) is 26.1. The minimum Gasteiger partial charge on any atom is -0.394 e. The number of rotatable bonds is 11. The van der Waals surface area contributed by atoms with E-state index in [1.807, 2.05) is 12.1 Å². The van der Waals surface area contributed by atoms with Gasteiger partial charge < -0.3 is 25.7 Å². The van der Waals surface area contributed by atoms with Crippen molar-refractivity contribution in [3.8, 4) is 11.1 Å². The van der Waals surface area contributed by atoms with Gasteiger partial charge in [-0.2, -0.15) is 5.06 Å². The first-order valence-electron chi connectivity index (χ1n) is 15.6. The van der Waals surface area contributed by atoms with Crippen molar-refractivity contribution >= 4 is 11.6 Å². The molecule has 0 aromatic heterocycles. The van der Waals surface area contributed by atoms with Crippen molar-refractivity contribution < 1.29 is 19.8 Å². The summed E-state index contributed by atoms with van der Waals surface area (Å²) in [6, 6.07) is 16.1. The Balaban J connectivity index is 1.30. The zero-order valence-corrected chi connectivity index (χ0v) is 26.1. The van der Waals surface area contributed by atoms with Gasteiger partial charge in [0.2, 0.25) is 5.91 Å². The van der Waals surface area contributed by atoms with Crippen molar-refractivity contribution in [3.05, 3.63) is 54.1 Å². The molecular formula is C34H50N4O4. The van der Waals surface area contributed by atoms with Crippen LogP contribution in [0.25, 0.3) is 11.1 Å². The molecule has 0 spiro atoms. The standard InChI is InChI=1S/C34H50N4O4/c1-21-28-17-26(34(28,3)4)18-29(21)36-33(41)32-31(22(2)40)30(20-39)42-38(32)19-23-8-7-9-25(16-23)24-10-12-27(13-11-24)35-14-15-37(5)6/h7-13,16,21-22,26,28-32,35,39-40H,14-15,17-20H2,1-6H3,(H,36,41)/t21?,22-,26-,28-,29-,30?,31+,32-/m0/s1. The number of nitrogens with zero attached hydrogens (tertiary/aromatic N) is 2. The molecule has 1 amide bonds. The molecular weight excluding hydrogens is 528 g/mol. The highest BCUT2D eigenvalue weighted by Gasteiger charge is 2.57. The summed E-state index contributed by atoms with van der Waals surface area (Å²) in [6.07, 6.45) is 0.773. The molecule has 4 N–H and O–H groups in total. The quantitative estimate of drug-likeness (QED) is 0.320.